The average Bonchev–Trinajstić information content (AvgIpc) is 2.89. The molecule has 4 atom stereocenters. The van der Waals surface area contributed by atoms with Gasteiger partial charge in [-0.2, -0.15) is 0 Å². The summed E-state index contributed by atoms with van der Waals surface area (Å²) in [5.74, 6) is -1.36. The van der Waals surface area contributed by atoms with E-state index in [2.05, 4.69) is 16.0 Å². The lowest BCUT2D eigenvalue weighted by Gasteiger charge is -2.37. The molecule has 0 heterocycles. The Hall–Kier alpha value is -2.94. The van der Waals surface area contributed by atoms with E-state index in [1.54, 1.807) is 21.1 Å². The lowest BCUT2D eigenvalue weighted by molar-refractivity contribution is -0.147. The first-order valence-corrected chi connectivity index (χ1v) is 15.0. The summed E-state index contributed by atoms with van der Waals surface area (Å²) in [6.07, 6.45) is 1.34. The predicted octanol–water partition coefficient (Wildman–Crippen LogP) is 3.09. The van der Waals surface area contributed by atoms with Crippen LogP contribution in [0.4, 0.5) is 0 Å². The largest absolute Gasteiger partial charge is 0.354 e. The molecule has 0 saturated carbocycles. The van der Waals surface area contributed by atoms with Gasteiger partial charge in [-0.05, 0) is 49.1 Å². The second-order valence-electron chi connectivity index (χ2n) is 12.5. The van der Waals surface area contributed by atoms with Crippen LogP contribution < -0.4 is 16.0 Å². The summed E-state index contributed by atoms with van der Waals surface area (Å²) >= 11 is 0. The van der Waals surface area contributed by atoms with Crippen molar-refractivity contribution in [2.75, 3.05) is 27.7 Å². The molecule has 4 unspecified atom stereocenters. The van der Waals surface area contributed by atoms with Gasteiger partial charge in [-0.3, -0.25) is 19.2 Å². The van der Waals surface area contributed by atoms with Crippen LogP contribution >= 0.6 is 0 Å². The van der Waals surface area contributed by atoms with Crippen LogP contribution in [-0.2, 0) is 25.6 Å². The highest BCUT2D eigenvalue weighted by Gasteiger charge is 2.38. The number of amides is 4. The molecule has 0 saturated heterocycles. The number of nitrogens with zero attached hydrogens (tertiary/aromatic N) is 2. The van der Waals surface area contributed by atoms with Gasteiger partial charge in [-0.15, -0.1) is 0 Å². The van der Waals surface area contributed by atoms with Gasteiger partial charge in [0.2, 0.25) is 23.6 Å². The molecule has 0 bridgehead atoms. The predicted molar refractivity (Wildman–Crippen MR) is 165 cm³/mol. The summed E-state index contributed by atoms with van der Waals surface area (Å²) in [6.45, 7) is 15.9. The molecule has 9 heteroatoms. The zero-order valence-electron chi connectivity index (χ0n) is 27.2. The number of likely N-dealkylation sites (N-methyl/N-ethyl adjacent to an activating group) is 3. The number of hydrogen-bond acceptors (Lipinski definition) is 5. The van der Waals surface area contributed by atoms with E-state index in [1.165, 1.54) is 9.80 Å². The van der Waals surface area contributed by atoms with Crippen LogP contribution in [0.25, 0.3) is 0 Å². The van der Waals surface area contributed by atoms with Gasteiger partial charge in [0.05, 0.1) is 6.04 Å². The molecule has 1 rings (SSSR count). The molecular weight excluding hydrogens is 518 g/mol. The molecule has 1 aromatic rings. The molecule has 232 valence electrons. The van der Waals surface area contributed by atoms with Crippen molar-refractivity contribution >= 4 is 23.6 Å². The molecular formula is C32H55N5O4. The number of carbonyl (C=O) groups is 4. The number of nitrogens with one attached hydrogen (secondary N) is 3. The van der Waals surface area contributed by atoms with Crippen molar-refractivity contribution in [1.82, 2.24) is 25.8 Å². The Morgan fingerprint density at radius 2 is 1.24 bits per heavy atom. The van der Waals surface area contributed by atoms with Crippen molar-refractivity contribution in [3.05, 3.63) is 35.9 Å². The van der Waals surface area contributed by atoms with E-state index in [-0.39, 0.29) is 41.4 Å². The van der Waals surface area contributed by atoms with Crippen LogP contribution in [0.2, 0.25) is 0 Å². The summed E-state index contributed by atoms with van der Waals surface area (Å²) in [5, 5.41) is 8.99. The minimum absolute atomic E-state index is 0.143. The highest BCUT2D eigenvalue weighted by Crippen LogP contribution is 2.18. The fourth-order valence-electron chi connectivity index (χ4n) is 5.24. The van der Waals surface area contributed by atoms with Crippen LogP contribution in [0.15, 0.2) is 30.3 Å². The van der Waals surface area contributed by atoms with Crippen molar-refractivity contribution in [2.24, 2.45) is 23.7 Å². The first-order valence-electron chi connectivity index (χ1n) is 15.0. The van der Waals surface area contributed by atoms with E-state index in [1.807, 2.05) is 85.7 Å². The zero-order valence-corrected chi connectivity index (χ0v) is 27.2. The second-order valence-corrected chi connectivity index (χ2v) is 12.5. The highest BCUT2D eigenvalue weighted by molar-refractivity contribution is 5.95. The van der Waals surface area contributed by atoms with E-state index in [4.69, 9.17) is 0 Å². The van der Waals surface area contributed by atoms with Crippen molar-refractivity contribution in [2.45, 2.75) is 92.4 Å². The first kappa shape index (κ1) is 36.1. The van der Waals surface area contributed by atoms with Gasteiger partial charge in [-0.25, -0.2) is 0 Å². The van der Waals surface area contributed by atoms with Crippen molar-refractivity contribution in [1.29, 1.82) is 0 Å². The zero-order chi connectivity index (χ0) is 31.4. The molecule has 0 radical (unpaired) electrons. The fourth-order valence-corrected chi connectivity index (χ4v) is 5.24. The third-order valence-corrected chi connectivity index (χ3v) is 7.47. The SMILES string of the molecule is CNC(CC(C)C)C(=O)N(C)C(C(=O)NC(C(=O)N(C)C(C(=O)NCCc1ccccc1)C(C)C)C(C)C)C(C)C. The maximum Gasteiger partial charge on any atom is 0.245 e. The van der Waals surface area contributed by atoms with Crippen molar-refractivity contribution < 1.29 is 19.2 Å². The fraction of sp³-hybridized carbons (Fsp3) is 0.688. The molecule has 3 N–H and O–H groups in total. The number of rotatable bonds is 16. The minimum Gasteiger partial charge on any atom is -0.354 e. The van der Waals surface area contributed by atoms with E-state index >= 15 is 0 Å². The van der Waals surface area contributed by atoms with Gasteiger partial charge >= 0.3 is 0 Å². The van der Waals surface area contributed by atoms with Crippen molar-refractivity contribution in [3.8, 4) is 0 Å². The van der Waals surface area contributed by atoms with Gasteiger partial charge in [0.15, 0.2) is 0 Å². The smallest absolute Gasteiger partial charge is 0.245 e. The summed E-state index contributed by atoms with van der Waals surface area (Å²) in [6, 6.07) is 7.17. The first-order chi connectivity index (χ1) is 19.1. The van der Waals surface area contributed by atoms with Gasteiger partial charge in [0, 0.05) is 20.6 Å². The highest BCUT2D eigenvalue weighted by atomic mass is 16.2. The van der Waals surface area contributed by atoms with E-state index in [0.717, 1.165) is 5.56 Å². The van der Waals surface area contributed by atoms with Gasteiger partial charge in [-0.1, -0.05) is 85.7 Å². The number of benzene rings is 1. The topological polar surface area (TPSA) is 111 Å². The Morgan fingerprint density at radius 1 is 0.732 bits per heavy atom. The Morgan fingerprint density at radius 3 is 1.71 bits per heavy atom. The van der Waals surface area contributed by atoms with Crippen LogP contribution in [0, 0.1) is 23.7 Å². The molecule has 0 aliphatic heterocycles. The lowest BCUT2D eigenvalue weighted by atomic mass is 9.95. The van der Waals surface area contributed by atoms with Crippen LogP contribution in [0.3, 0.4) is 0 Å². The number of carbonyl (C=O) groups excluding carboxylic acids is 4. The van der Waals surface area contributed by atoms with Crippen molar-refractivity contribution in [3.63, 3.8) is 0 Å². The standard InChI is InChI=1S/C32H55N5O4/c1-20(2)19-25(33-9)31(40)36(10)28(23(7)8)30(39)35-26(21(3)4)32(41)37(11)27(22(5)6)29(38)34-18-17-24-15-13-12-14-16-24/h12-16,20-23,25-28,33H,17-19H2,1-11H3,(H,34,38)(H,35,39). The molecule has 1 aromatic carbocycles. The normalized spacial score (nSPS) is 14.5. The third-order valence-electron chi connectivity index (χ3n) is 7.47. The third kappa shape index (κ3) is 10.8. The van der Waals surface area contributed by atoms with Gasteiger partial charge in [0.25, 0.3) is 0 Å². The summed E-state index contributed by atoms with van der Waals surface area (Å²) in [4.78, 5) is 56.9. The molecule has 0 spiro atoms. The Bertz CT molecular complexity index is 980. The quantitative estimate of drug-likeness (QED) is 0.282. The Kier molecular flexibility index (Phi) is 15.1. The average molecular weight is 574 g/mol. The van der Waals surface area contributed by atoms with Gasteiger partial charge < -0.3 is 25.8 Å². The van der Waals surface area contributed by atoms with Crippen LogP contribution in [-0.4, -0.2) is 85.3 Å². The molecule has 41 heavy (non-hydrogen) atoms. The molecule has 0 aliphatic carbocycles. The lowest BCUT2D eigenvalue weighted by Crippen LogP contribution is -2.61. The summed E-state index contributed by atoms with van der Waals surface area (Å²) in [5.41, 5.74) is 1.12. The molecule has 0 aliphatic rings. The Labute approximate surface area is 248 Å². The minimum atomic E-state index is -0.855. The van der Waals surface area contributed by atoms with E-state index in [9.17, 15) is 19.2 Å². The van der Waals surface area contributed by atoms with Crippen LogP contribution in [0.5, 0.6) is 0 Å². The molecule has 0 fully saturated rings. The van der Waals surface area contributed by atoms with E-state index in [0.29, 0.717) is 25.3 Å². The van der Waals surface area contributed by atoms with E-state index < -0.39 is 24.2 Å². The monoisotopic (exact) mass is 573 g/mol. The summed E-state index contributed by atoms with van der Waals surface area (Å²) in [7, 11) is 5.00. The second kappa shape index (κ2) is 17.1. The molecule has 4 amide bonds. The van der Waals surface area contributed by atoms with Crippen LogP contribution in [0.1, 0.15) is 67.4 Å². The molecule has 9 nitrogen and oxygen atoms in total. The molecule has 0 aromatic heterocycles. The summed E-state index contributed by atoms with van der Waals surface area (Å²) < 4.78 is 0. The Balaban J connectivity index is 3.06. The van der Waals surface area contributed by atoms with Gasteiger partial charge in [0.1, 0.15) is 18.1 Å². The maximum atomic E-state index is 13.8. The maximum absolute atomic E-state index is 13.8. The number of hydrogen-bond donors (Lipinski definition) is 3.